The summed E-state index contributed by atoms with van der Waals surface area (Å²) in [7, 11) is 0. The second kappa shape index (κ2) is 5.91. The lowest BCUT2D eigenvalue weighted by Gasteiger charge is -2.31. The van der Waals surface area contributed by atoms with Crippen LogP contribution < -0.4 is 10.6 Å². The summed E-state index contributed by atoms with van der Waals surface area (Å²) in [5, 5.41) is 0. The quantitative estimate of drug-likeness (QED) is 0.639. The highest BCUT2D eigenvalue weighted by molar-refractivity contribution is 5.76. The summed E-state index contributed by atoms with van der Waals surface area (Å²) in [5.74, 6) is -0.136. The molecule has 1 aliphatic heterocycles. The molecule has 1 saturated heterocycles. The average Bonchev–Trinajstić information content (AvgIpc) is 3.15. The van der Waals surface area contributed by atoms with E-state index in [-0.39, 0.29) is 24.5 Å². The summed E-state index contributed by atoms with van der Waals surface area (Å²) in [6.07, 6.45) is 6.76. The van der Waals surface area contributed by atoms with Crippen LogP contribution in [-0.4, -0.2) is 45.0 Å². The van der Waals surface area contributed by atoms with Crippen LogP contribution in [0.15, 0.2) is 6.33 Å². The number of aromatic amines is 1. The van der Waals surface area contributed by atoms with Crippen molar-refractivity contribution in [3.05, 3.63) is 6.33 Å². The number of nitrogens with zero attached hydrogens (tertiary/aromatic N) is 3. The normalized spacial score (nSPS) is 23.6. The van der Waals surface area contributed by atoms with Crippen LogP contribution in [0.1, 0.15) is 32.1 Å². The average molecular weight is 321 g/mol. The number of rotatable bonds is 4. The van der Waals surface area contributed by atoms with Crippen molar-refractivity contribution in [1.29, 1.82) is 0 Å². The molecule has 2 fully saturated rings. The molecule has 1 atom stereocenters. The van der Waals surface area contributed by atoms with Gasteiger partial charge in [0.2, 0.25) is 5.95 Å². The Kier molecular flexibility index (Phi) is 3.76. The van der Waals surface area contributed by atoms with Crippen LogP contribution >= 0.6 is 0 Å². The first kappa shape index (κ1) is 14.6. The Morgan fingerprint density at radius 2 is 2.17 bits per heavy atom. The smallest absolute Gasteiger partial charge is 0.287 e. The number of anilines is 1. The summed E-state index contributed by atoms with van der Waals surface area (Å²) in [5.41, 5.74) is 6.58. The number of H-pyrrole nitrogens is 1. The van der Waals surface area contributed by atoms with Crippen molar-refractivity contribution in [3.8, 4) is 5.88 Å². The molecule has 2 aliphatic rings. The lowest BCUT2D eigenvalue weighted by Crippen LogP contribution is -2.34. The maximum absolute atomic E-state index is 6.02. The maximum atomic E-state index is 6.02. The van der Waals surface area contributed by atoms with Crippen LogP contribution in [0.3, 0.4) is 0 Å². The highest BCUT2D eigenvalue weighted by Crippen LogP contribution is 2.37. The molecule has 0 aromatic carbocycles. The Balaban J connectivity index is 1.34. The van der Waals surface area contributed by atoms with E-state index in [1.165, 1.54) is 12.7 Å². The number of nitrogens with one attached hydrogen (secondary N) is 1. The number of nitrogens with two attached hydrogens (primary N) is 1. The monoisotopic (exact) mass is 321 g/mol. The third-order valence-corrected chi connectivity index (χ3v) is 4.19. The van der Waals surface area contributed by atoms with Crippen LogP contribution in [0.5, 0.6) is 5.88 Å². The second-order valence-corrected chi connectivity index (χ2v) is 5.88. The Hall–Kier alpha value is -1.97. The van der Waals surface area contributed by atoms with Gasteiger partial charge in [0.1, 0.15) is 12.7 Å². The molecule has 2 aromatic rings. The number of hydrogen-bond donors (Lipinski definition) is 2. The molecule has 1 unspecified atom stereocenters. The fourth-order valence-corrected chi connectivity index (χ4v) is 3.10. The van der Waals surface area contributed by atoms with Crippen molar-refractivity contribution in [2.24, 2.45) is 0 Å². The van der Waals surface area contributed by atoms with Gasteiger partial charge in [0.15, 0.2) is 17.0 Å². The first-order valence-electron chi connectivity index (χ1n) is 7.82. The minimum atomic E-state index is -0.414. The molecule has 0 amide bonds. The van der Waals surface area contributed by atoms with Gasteiger partial charge < -0.3 is 25.1 Å². The SMILES string of the molecule is Nc1nc(OOCC2COC3(CCCCC3)O2)c2[nH]cnc2n1. The number of aromatic nitrogens is 4. The maximum Gasteiger partial charge on any atom is 0.287 e. The number of ether oxygens (including phenoxy) is 2. The van der Waals surface area contributed by atoms with Crippen molar-refractivity contribution in [2.45, 2.75) is 44.0 Å². The zero-order valence-corrected chi connectivity index (χ0v) is 12.7. The van der Waals surface area contributed by atoms with Gasteiger partial charge in [-0.25, -0.2) is 4.98 Å². The van der Waals surface area contributed by atoms with Crippen molar-refractivity contribution < 1.29 is 19.2 Å². The fraction of sp³-hybridized carbons (Fsp3) is 0.643. The summed E-state index contributed by atoms with van der Waals surface area (Å²) >= 11 is 0. The standard InChI is InChI=1S/C14H19N5O4/c15-13-18-11-10(16-8-17-11)12(19-13)23-21-7-9-6-20-14(22-9)4-2-1-3-5-14/h8-9H,1-7H2,(H3,15,16,17,18,19). The van der Waals surface area contributed by atoms with Gasteiger partial charge in [-0.05, 0) is 12.8 Å². The molecule has 1 aliphatic carbocycles. The summed E-state index contributed by atoms with van der Waals surface area (Å²) < 4.78 is 11.9. The van der Waals surface area contributed by atoms with Gasteiger partial charge in [-0.1, -0.05) is 6.42 Å². The van der Waals surface area contributed by atoms with Gasteiger partial charge in [-0.3, -0.25) is 0 Å². The van der Waals surface area contributed by atoms with Crippen LogP contribution in [0.2, 0.25) is 0 Å². The van der Waals surface area contributed by atoms with Gasteiger partial charge >= 0.3 is 0 Å². The Bertz CT molecular complexity index is 685. The van der Waals surface area contributed by atoms with Crippen molar-refractivity contribution in [2.75, 3.05) is 18.9 Å². The van der Waals surface area contributed by atoms with Gasteiger partial charge in [0.25, 0.3) is 5.88 Å². The molecule has 3 heterocycles. The number of imidazole rings is 1. The van der Waals surface area contributed by atoms with Gasteiger partial charge in [-0.15, -0.1) is 0 Å². The van der Waals surface area contributed by atoms with E-state index in [0.717, 1.165) is 25.7 Å². The molecule has 2 aromatic heterocycles. The van der Waals surface area contributed by atoms with E-state index in [4.69, 9.17) is 25.0 Å². The predicted molar refractivity (Wildman–Crippen MR) is 79.3 cm³/mol. The van der Waals surface area contributed by atoms with Crippen LogP contribution in [0.25, 0.3) is 11.2 Å². The third-order valence-electron chi connectivity index (χ3n) is 4.19. The molecular weight excluding hydrogens is 302 g/mol. The Labute approximate surface area is 132 Å². The molecule has 3 N–H and O–H groups in total. The topological polar surface area (TPSA) is 117 Å². The predicted octanol–water partition coefficient (Wildman–Crippen LogP) is 1.32. The third kappa shape index (κ3) is 2.94. The minimum Gasteiger partial charge on any atom is -0.368 e. The molecular formula is C14H19N5O4. The molecule has 0 radical (unpaired) electrons. The summed E-state index contributed by atoms with van der Waals surface area (Å²) in [6, 6.07) is 0. The lowest BCUT2D eigenvalue weighted by molar-refractivity contribution is -0.241. The minimum absolute atomic E-state index is 0.0739. The zero-order chi connectivity index (χ0) is 15.7. The molecule has 9 heteroatoms. The number of hydrogen-bond acceptors (Lipinski definition) is 8. The molecule has 1 spiro atoms. The number of nitrogen functional groups attached to an aromatic ring is 1. The molecule has 1 saturated carbocycles. The molecule has 124 valence electrons. The van der Waals surface area contributed by atoms with E-state index >= 15 is 0 Å². The largest absolute Gasteiger partial charge is 0.368 e. The van der Waals surface area contributed by atoms with Crippen LogP contribution in [-0.2, 0) is 14.4 Å². The molecule has 23 heavy (non-hydrogen) atoms. The van der Waals surface area contributed by atoms with Gasteiger partial charge in [0.05, 0.1) is 12.9 Å². The lowest BCUT2D eigenvalue weighted by atomic mass is 9.94. The van der Waals surface area contributed by atoms with Crippen LogP contribution in [0.4, 0.5) is 5.95 Å². The van der Waals surface area contributed by atoms with Crippen molar-refractivity contribution in [1.82, 2.24) is 19.9 Å². The fourth-order valence-electron chi connectivity index (χ4n) is 3.10. The highest BCUT2D eigenvalue weighted by atomic mass is 17.2. The first-order chi connectivity index (χ1) is 11.2. The van der Waals surface area contributed by atoms with Gasteiger partial charge in [0, 0.05) is 12.8 Å². The molecule has 0 bridgehead atoms. The van der Waals surface area contributed by atoms with Gasteiger partial charge in [-0.2, -0.15) is 14.9 Å². The second-order valence-electron chi connectivity index (χ2n) is 5.88. The van der Waals surface area contributed by atoms with E-state index in [0.29, 0.717) is 17.8 Å². The molecule has 9 nitrogen and oxygen atoms in total. The number of fused-ring (bicyclic) bond motifs is 1. The van der Waals surface area contributed by atoms with E-state index < -0.39 is 5.79 Å². The molecule has 4 rings (SSSR count). The summed E-state index contributed by atoms with van der Waals surface area (Å²) in [4.78, 5) is 25.4. The van der Waals surface area contributed by atoms with E-state index in [2.05, 4.69) is 19.9 Å². The Morgan fingerprint density at radius 3 is 3.04 bits per heavy atom. The van der Waals surface area contributed by atoms with Crippen LogP contribution in [0, 0.1) is 0 Å². The van der Waals surface area contributed by atoms with E-state index in [1.807, 2.05) is 0 Å². The zero-order valence-electron chi connectivity index (χ0n) is 12.7. The highest BCUT2D eigenvalue weighted by Gasteiger charge is 2.42. The van der Waals surface area contributed by atoms with Crippen molar-refractivity contribution >= 4 is 17.1 Å². The summed E-state index contributed by atoms with van der Waals surface area (Å²) in [6.45, 7) is 0.760. The Morgan fingerprint density at radius 1 is 1.30 bits per heavy atom. The van der Waals surface area contributed by atoms with E-state index in [1.54, 1.807) is 0 Å². The first-order valence-corrected chi connectivity index (χ1v) is 7.82. The van der Waals surface area contributed by atoms with Crippen molar-refractivity contribution in [3.63, 3.8) is 0 Å². The van der Waals surface area contributed by atoms with E-state index in [9.17, 15) is 0 Å².